The van der Waals surface area contributed by atoms with E-state index in [1.54, 1.807) is 0 Å². The fraction of sp³-hybridized carbons (Fsp3) is 0.737. The number of carbonyl (C=O) groups excluding carboxylic acids is 3. The Hall–Kier alpha value is -1.81. The van der Waals surface area contributed by atoms with E-state index in [4.69, 9.17) is 18.9 Å². The fourth-order valence-corrected chi connectivity index (χ4v) is 2.22. The number of hydrogen-bond acceptors (Lipinski definition) is 7. The Balaban J connectivity index is 1.80. The maximum atomic E-state index is 11.7. The normalized spacial score (nSPS) is 13.5. The van der Waals surface area contributed by atoms with Gasteiger partial charge in [0, 0.05) is 38.3 Å². The largest absolute Gasteiger partial charge is 0.379 e. The number of carbonyl (C=O) groups is 3. The highest BCUT2D eigenvalue weighted by Gasteiger charge is 2.23. The van der Waals surface area contributed by atoms with Crippen LogP contribution in [0.1, 0.15) is 26.2 Å². The summed E-state index contributed by atoms with van der Waals surface area (Å²) in [5.74, 6) is -0.998. The Kier molecular flexibility index (Phi) is 14.0. The number of amides is 3. The van der Waals surface area contributed by atoms with Crippen LogP contribution < -0.4 is 5.32 Å². The zero-order chi connectivity index (χ0) is 20.5. The molecule has 9 nitrogen and oxygen atoms in total. The summed E-state index contributed by atoms with van der Waals surface area (Å²) < 4.78 is 21.5. The van der Waals surface area contributed by atoms with Crippen LogP contribution in [0.15, 0.2) is 12.2 Å². The smallest absolute Gasteiger partial charge is 0.253 e. The van der Waals surface area contributed by atoms with Crippen molar-refractivity contribution < 1.29 is 33.3 Å². The van der Waals surface area contributed by atoms with Gasteiger partial charge in [0.2, 0.25) is 5.91 Å². The van der Waals surface area contributed by atoms with Crippen LogP contribution in [-0.4, -0.2) is 88.6 Å². The van der Waals surface area contributed by atoms with Crippen molar-refractivity contribution in [3.8, 4) is 0 Å². The molecule has 0 aromatic rings. The lowest BCUT2D eigenvalue weighted by Crippen LogP contribution is -2.35. The van der Waals surface area contributed by atoms with E-state index in [-0.39, 0.29) is 30.7 Å². The number of nitrogens with zero attached hydrogens (tertiary/aromatic N) is 1. The average molecular weight is 400 g/mol. The molecule has 0 unspecified atom stereocenters. The summed E-state index contributed by atoms with van der Waals surface area (Å²) in [6.07, 6.45) is 4.68. The Bertz CT molecular complexity index is 479. The molecular formula is C19H32N2O7. The molecule has 0 aromatic carbocycles. The quantitative estimate of drug-likeness (QED) is 0.260. The average Bonchev–Trinajstić information content (AvgIpc) is 3.01. The third-order valence-electron chi connectivity index (χ3n) is 3.79. The van der Waals surface area contributed by atoms with Gasteiger partial charge in [0.25, 0.3) is 11.8 Å². The lowest BCUT2D eigenvalue weighted by molar-refractivity contribution is -0.137. The number of unbranched alkanes of at least 4 members (excludes halogenated alkanes) is 1. The fourth-order valence-electron chi connectivity index (χ4n) is 2.22. The van der Waals surface area contributed by atoms with Crippen molar-refractivity contribution in [1.82, 2.24) is 10.2 Å². The van der Waals surface area contributed by atoms with E-state index in [1.165, 1.54) is 12.2 Å². The molecule has 160 valence electrons. The third-order valence-corrected chi connectivity index (χ3v) is 3.79. The topological polar surface area (TPSA) is 103 Å². The highest BCUT2D eigenvalue weighted by molar-refractivity contribution is 6.13. The first-order valence-corrected chi connectivity index (χ1v) is 9.76. The first-order chi connectivity index (χ1) is 13.6. The highest BCUT2D eigenvalue weighted by Crippen LogP contribution is 2.03. The van der Waals surface area contributed by atoms with Crippen LogP contribution in [0, 0.1) is 0 Å². The number of ether oxygens (including phenoxy) is 4. The van der Waals surface area contributed by atoms with Crippen LogP contribution >= 0.6 is 0 Å². The molecule has 1 N–H and O–H groups in total. The Morgan fingerprint density at radius 1 is 0.857 bits per heavy atom. The maximum Gasteiger partial charge on any atom is 0.253 e. The summed E-state index contributed by atoms with van der Waals surface area (Å²) in [6, 6.07) is 0. The lowest BCUT2D eigenvalue weighted by atomic mass is 10.3. The molecule has 9 heteroatoms. The van der Waals surface area contributed by atoms with E-state index in [1.807, 2.05) is 0 Å². The number of hydrogen-bond donors (Lipinski definition) is 1. The summed E-state index contributed by atoms with van der Waals surface area (Å²) in [6.45, 7) is 6.79. The van der Waals surface area contributed by atoms with Gasteiger partial charge in [-0.15, -0.1) is 0 Å². The molecule has 0 spiro atoms. The van der Waals surface area contributed by atoms with E-state index in [0.717, 1.165) is 24.3 Å². The van der Waals surface area contributed by atoms with Gasteiger partial charge in [0.05, 0.1) is 46.2 Å². The van der Waals surface area contributed by atoms with Gasteiger partial charge in [0.1, 0.15) is 0 Å². The predicted molar refractivity (Wildman–Crippen MR) is 102 cm³/mol. The summed E-state index contributed by atoms with van der Waals surface area (Å²) >= 11 is 0. The first kappa shape index (κ1) is 24.2. The molecule has 0 aliphatic carbocycles. The second-order valence-electron chi connectivity index (χ2n) is 6.06. The highest BCUT2D eigenvalue weighted by atomic mass is 16.6. The Morgan fingerprint density at radius 2 is 1.36 bits per heavy atom. The minimum absolute atomic E-state index is 0.0753. The monoisotopic (exact) mass is 400 g/mol. The minimum Gasteiger partial charge on any atom is -0.379 e. The van der Waals surface area contributed by atoms with Gasteiger partial charge < -0.3 is 24.3 Å². The third kappa shape index (κ3) is 11.8. The summed E-state index contributed by atoms with van der Waals surface area (Å²) in [7, 11) is 0. The van der Waals surface area contributed by atoms with Crippen LogP contribution in [0.5, 0.6) is 0 Å². The molecule has 1 aliphatic heterocycles. The molecule has 1 rings (SSSR count). The Morgan fingerprint density at radius 3 is 1.89 bits per heavy atom. The van der Waals surface area contributed by atoms with E-state index in [9.17, 15) is 14.4 Å². The molecule has 0 saturated carbocycles. The number of imide groups is 1. The zero-order valence-electron chi connectivity index (χ0n) is 16.7. The molecule has 1 aliphatic rings. The lowest BCUT2D eigenvalue weighted by Gasteiger charge is -2.13. The van der Waals surface area contributed by atoms with Gasteiger partial charge in [0.15, 0.2) is 0 Å². The van der Waals surface area contributed by atoms with Crippen molar-refractivity contribution in [2.45, 2.75) is 26.2 Å². The summed E-state index contributed by atoms with van der Waals surface area (Å²) in [4.78, 5) is 35.4. The van der Waals surface area contributed by atoms with Crippen molar-refractivity contribution >= 4 is 17.7 Å². The predicted octanol–water partition coefficient (Wildman–Crippen LogP) is 0.284. The molecule has 1 heterocycles. The molecule has 0 bridgehead atoms. The zero-order valence-corrected chi connectivity index (χ0v) is 16.7. The van der Waals surface area contributed by atoms with E-state index >= 15 is 0 Å². The van der Waals surface area contributed by atoms with Gasteiger partial charge in [-0.3, -0.25) is 19.3 Å². The summed E-state index contributed by atoms with van der Waals surface area (Å²) in [5.41, 5.74) is 0. The van der Waals surface area contributed by atoms with Gasteiger partial charge in [-0.2, -0.15) is 0 Å². The maximum absolute atomic E-state index is 11.7. The second kappa shape index (κ2) is 16.2. The van der Waals surface area contributed by atoms with Gasteiger partial charge in [-0.05, 0) is 6.42 Å². The van der Waals surface area contributed by atoms with Crippen molar-refractivity contribution in [2.24, 2.45) is 0 Å². The summed E-state index contributed by atoms with van der Waals surface area (Å²) in [5, 5.41) is 2.67. The molecule has 0 saturated heterocycles. The van der Waals surface area contributed by atoms with Crippen LogP contribution in [-0.2, 0) is 33.3 Å². The van der Waals surface area contributed by atoms with E-state index in [0.29, 0.717) is 52.8 Å². The van der Waals surface area contributed by atoms with Crippen molar-refractivity contribution in [3.05, 3.63) is 12.2 Å². The molecule has 3 amide bonds. The molecular weight excluding hydrogens is 368 g/mol. The van der Waals surface area contributed by atoms with Crippen molar-refractivity contribution in [3.63, 3.8) is 0 Å². The van der Waals surface area contributed by atoms with Gasteiger partial charge in [-0.25, -0.2) is 0 Å². The standard InChI is InChI=1S/C19H32N2O7/c1-2-3-9-25-11-13-27-15-16-28-14-12-26-10-7-20-17(22)6-8-21-18(23)4-5-19(21)24/h4-5H,2-3,6-16H2,1H3,(H,20,22). The SMILES string of the molecule is CCCCOCCOCCOCCOCCNC(=O)CCN1C(=O)C=CC1=O. The van der Waals surface area contributed by atoms with Gasteiger partial charge >= 0.3 is 0 Å². The van der Waals surface area contributed by atoms with E-state index < -0.39 is 0 Å². The van der Waals surface area contributed by atoms with Crippen molar-refractivity contribution in [1.29, 1.82) is 0 Å². The molecule has 0 fully saturated rings. The number of rotatable bonds is 18. The van der Waals surface area contributed by atoms with E-state index in [2.05, 4.69) is 12.2 Å². The molecule has 0 aromatic heterocycles. The molecule has 0 atom stereocenters. The van der Waals surface area contributed by atoms with Crippen LogP contribution in [0.3, 0.4) is 0 Å². The van der Waals surface area contributed by atoms with Crippen molar-refractivity contribution in [2.75, 3.05) is 65.9 Å². The van der Waals surface area contributed by atoms with Crippen LogP contribution in [0.25, 0.3) is 0 Å². The van der Waals surface area contributed by atoms with Gasteiger partial charge in [-0.1, -0.05) is 13.3 Å². The Labute approximate surface area is 166 Å². The molecule has 0 radical (unpaired) electrons. The number of nitrogens with one attached hydrogen (secondary N) is 1. The molecule has 28 heavy (non-hydrogen) atoms. The minimum atomic E-state index is -0.383. The van der Waals surface area contributed by atoms with Crippen LogP contribution in [0.4, 0.5) is 0 Å². The second-order valence-corrected chi connectivity index (χ2v) is 6.06. The van der Waals surface area contributed by atoms with Crippen LogP contribution in [0.2, 0.25) is 0 Å². The first-order valence-electron chi connectivity index (χ1n) is 9.76.